The molecule has 0 aliphatic rings. The predicted molar refractivity (Wildman–Crippen MR) is 99.7 cm³/mol. The number of aromatic amines is 1. The third-order valence-corrected chi connectivity index (χ3v) is 3.85. The summed E-state index contributed by atoms with van der Waals surface area (Å²) in [4.78, 5) is 12.4. The lowest BCUT2D eigenvalue weighted by Crippen LogP contribution is -2.20. The normalized spacial score (nSPS) is 10.9. The van der Waals surface area contributed by atoms with Gasteiger partial charge in [0.15, 0.2) is 5.65 Å². The molecule has 0 aliphatic carbocycles. The molecule has 1 aromatic carbocycles. The van der Waals surface area contributed by atoms with Gasteiger partial charge in [-0.3, -0.25) is 0 Å². The van der Waals surface area contributed by atoms with E-state index in [0.717, 1.165) is 28.1 Å². The van der Waals surface area contributed by atoms with Crippen molar-refractivity contribution < 1.29 is 9.47 Å². The Morgan fingerprint density at radius 1 is 1.24 bits per heavy atom. The molecule has 0 atom stereocenters. The quantitative estimate of drug-likeness (QED) is 0.718. The van der Waals surface area contributed by atoms with Crippen LogP contribution in [0.3, 0.4) is 0 Å². The zero-order valence-corrected chi connectivity index (χ0v) is 14.9. The molecule has 6 nitrogen and oxygen atoms in total. The summed E-state index contributed by atoms with van der Waals surface area (Å²) >= 11 is 0. The summed E-state index contributed by atoms with van der Waals surface area (Å²) in [6.07, 6.45) is 3.59. The van der Waals surface area contributed by atoms with Crippen molar-refractivity contribution in [2.45, 2.75) is 19.9 Å². The van der Waals surface area contributed by atoms with Crippen LogP contribution in [0, 0.1) is 0 Å². The average molecular weight is 338 g/mol. The van der Waals surface area contributed by atoms with E-state index in [1.165, 1.54) is 0 Å². The minimum Gasteiger partial charge on any atom is -0.497 e. The van der Waals surface area contributed by atoms with Crippen molar-refractivity contribution in [2.24, 2.45) is 0 Å². The number of hydrogen-bond acceptors (Lipinski definition) is 5. The van der Waals surface area contributed by atoms with E-state index in [-0.39, 0.29) is 6.04 Å². The van der Waals surface area contributed by atoms with Crippen molar-refractivity contribution in [1.29, 1.82) is 0 Å². The Hall–Kier alpha value is -3.02. The molecule has 0 aliphatic heterocycles. The largest absolute Gasteiger partial charge is 0.497 e. The highest BCUT2D eigenvalue weighted by Gasteiger charge is 2.14. The number of nitrogens with zero attached hydrogens (tertiary/aromatic N) is 2. The van der Waals surface area contributed by atoms with Crippen LogP contribution in [0.2, 0.25) is 0 Å². The Balaban J connectivity index is 2.11. The summed E-state index contributed by atoms with van der Waals surface area (Å²) in [6, 6.07) is 5.89. The topological polar surface area (TPSA) is 72.1 Å². The van der Waals surface area contributed by atoms with Crippen LogP contribution in [0.5, 0.6) is 11.5 Å². The minimum atomic E-state index is 0.284. The number of nitrogens with one attached hydrogen (secondary N) is 2. The molecule has 2 N–H and O–H groups in total. The average Bonchev–Trinajstić information content (AvgIpc) is 3.03. The summed E-state index contributed by atoms with van der Waals surface area (Å²) in [6.45, 7) is 8.24. The molecule has 130 valence electrons. The summed E-state index contributed by atoms with van der Waals surface area (Å²) in [5.41, 5.74) is 4.73. The molecule has 0 bridgehead atoms. The Morgan fingerprint density at radius 3 is 2.72 bits per heavy atom. The number of rotatable bonds is 6. The first-order valence-electron chi connectivity index (χ1n) is 8.05. The van der Waals surface area contributed by atoms with Gasteiger partial charge in [-0.2, -0.15) is 0 Å². The molecular formula is C19H22N4O2. The second-order valence-corrected chi connectivity index (χ2v) is 6.00. The lowest BCUT2D eigenvalue weighted by Gasteiger charge is -2.12. The third kappa shape index (κ3) is 3.28. The number of H-pyrrole nitrogens is 1. The number of hydrogen-bond donors (Lipinski definition) is 2. The predicted octanol–water partition coefficient (Wildman–Crippen LogP) is 3.61. The van der Waals surface area contributed by atoms with Crippen LogP contribution in [0.25, 0.3) is 28.1 Å². The maximum absolute atomic E-state index is 5.46. The van der Waals surface area contributed by atoms with Gasteiger partial charge in [-0.1, -0.05) is 6.58 Å². The van der Waals surface area contributed by atoms with E-state index >= 15 is 0 Å². The van der Waals surface area contributed by atoms with Gasteiger partial charge in [0.1, 0.15) is 17.0 Å². The van der Waals surface area contributed by atoms with Crippen LogP contribution < -0.4 is 14.8 Å². The molecule has 0 fully saturated rings. The molecule has 6 heteroatoms. The molecule has 0 saturated carbocycles. The van der Waals surface area contributed by atoms with E-state index in [1.54, 1.807) is 20.4 Å². The first-order chi connectivity index (χ1) is 12.0. The van der Waals surface area contributed by atoms with E-state index in [1.807, 2.05) is 24.4 Å². The Labute approximate surface area is 146 Å². The van der Waals surface area contributed by atoms with E-state index in [4.69, 9.17) is 14.5 Å². The van der Waals surface area contributed by atoms with Crippen molar-refractivity contribution in [1.82, 2.24) is 20.3 Å². The lowest BCUT2D eigenvalue weighted by molar-refractivity contribution is 0.404. The molecule has 0 spiro atoms. The first-order valence-corrected chi connectivity index (χ1v) is 8.05. The van der Waals surface area contributed by atoms with E-state index in [2.05, 4.69) is 35.7 Å². The second kappa shape index (κ2) is 6.84. The minimum absolute atomic E-state index is 0.284. The van der Waals surface area contributed by atoms with Gasteiger partial charge in [-0.05, 0) is 32.0 Å². The molecule has 3 rings (SSSR count). The van der Waals surface area contributed by atoms with Crippen molar-refractivity contribution in [3.8, 4) is 22.8 Å². The van der Waals surface area contributed by atoms with Crippen molar-refractivity contribution in [2.75, 3.05) is 14.2 Å². The van der Waals surface area contributed by atoms with Crippen molar-refractivity contribution in [3.05, 3.63) is 42.7 Å². The molecule has 2 aromatic heterocycles. The molecule has 2 heterocycles. The van der Waals surface area contributed by atoms with Gasteiger partial charge in [-0.25, -0.2) is 9.97 Å². The van der Waals surface area contributed by atoms with Crippen LogP contribution in [0.15, 0.2) is 37.2 Å². The number of benzene rings is 1. The van der Waals surface area contributed by atoms with Gasteiger partial charge in [-0.15, -0.1) is 0 Å². The molecule has 0 amide bonds. The third-order valence-electron chi connectivity index (χ3n) is 3.85. The molecule has 0 radical (unpaired) electrons. The Kier molecular flexibility index (Phi) is 4.61. The van der Waals surface area contributed by atoms with E-state index < -0.39 is 0 Å². The first kappa shape index (κ1) is 16.8. The monoisotopic (exact) mass is 338 g/mol. The van der Waals surface area contributed by atoms with Gasteiger partial charge in [0.25, 0.3) is 0 Å². The maximum Gasteiger partial charge on any atom is 0.156 e. The number of ether oxygens (including phenoxy) is 2. The number of aromatic nitrogens is 3. The number of fused-ring (bicyclic) bond motifs is 1. The Morgan fingerprint density at radius 2 is 2.04 bits per heavy atom. The lowest BCUT2D eigenvalue weighted by atomic mass is 10.1. The fraction of sp³-hybridized carbons (Fsp3) is 0.263. The molecule has 0 saturated heterocycles. The fourth-order valence-corrected chi connectivity index (χ4v) is 2.69. The summed E-state index contributed by atoms with van der Waals surface area (Å²) < 4.78 is 10.8. The zero-order chi connectivity index (χ0) is 18.0. The molecular weight excluding hydrogens is 316 g/mol. The second-order valence-electron chi connectivity index (χ2n) is 6.00. The molecule has 3 aromatic rings. The van der Waals surface area contributed by atoms with Gasteiger partial charge in [0.2, 0.25) is 0 Å². The van der Waals surface area contributed by atoms with Crippen LogP contribution in [0.4, 0.5) is 0 Å². The van der Waals surface area contributed by atoms with Crippen molar-refractivity contribution in [3.63, 3.8) is 0 Å². The van der Waals surface area contributed by atoms with Crippen LogP contribution in [0.1, 0.15) is 19.4 Å². The number of methoxy groups -OCH3 is 2. The van der Waals surface area contributed by atoms with Gasteiger partial charge >= 0.3 is 0 Å². The zero-order valence-electron chi connectivity index (χ0n) is 14.9. The Bertz CT molecular complexity index is 915. The molecule has 0 unspecified atom stereocenters. The van der Waals surface area contributed by atoms with Crippen LogP contribution >= 0.6 is 0 Å². The summed E-state index contributed by atoms with van der Waals surface area (Å²) in [7, 11) is 3.26. The van der Waals surface area contributed by atoms with E-state index in [9.17, 15) is 0 Å². The van der Waals surface area contributed by atoms with Crippen molar-refractivity contribution >= 4 is 16.9 Å². The van der Waals surface area contributed by atoms with Gasteiger partial charge in [0.05, 0.1) is 26.1 Å². The highest BCUT2D eigenvalue weighted by atomic mass is 16.5. The van der Waals surface area contributed by atoms with E-state index in [0.29, 0.717) is 17.1 Å². The SMILES string of the molecule is C=C(NC(C)C)c1c[nH]c2ncc(-c3cc(OC)ccc3OC)nc12. The molecule has 25 heavy (non-hydrogen) atoms. The standard InChI is InChI=1S/C19H22N4O2/c1-11(2)22-12(3)15-9-20-19-18(15)23-16(10-21-19)14-8-13(24-4)6-7-17(14)25-5/h6-11,22H,3H2,1-2,4-5H3,(H,20,21). The summed E-state index contributed by atoms with van der Waals surface area (Å²) in [5.74, 6) is 1.45. The van der Waals surface area contributed by atoms with Crippen LogP contribution in [-0.4, -0.2) is 35.2 Å². The smallest absolute Gasteiger partial charge is 0.156 e. The van der Waals surface area contributed by atoms with Gasteiger partial charge in [0, 0.05) is 29.1 Å². The maximum atomic E-state index is 5.46. The fourth-order valence-electron chi connectivity index (χ4n) is 2.69. The van der Waals surface area contributed by atoms with Crippen LogP contribution in [-0.2, 0) is 0 Å². The summed E-state index contributed by atoms with van der Waals surface area (Å²) in [5, 5.41) is 3.31. The highest BCUT2D eigenvalue weighted by molar-refractivity contribution is 5.88. The van der Waals surface area contributed by atoms with Gasteiger partial charge < -0.3 is 19.8 Å². The highest BCUT2D eigenvalue weighted by Crippen LogP contribution is 2.33.